The summed E-state index contributed by atoms with van der Waals surface area (Å²) in [6.45, 7) is 0.575. The molecule has 1 aromatic heterocycles. The van der Waals surface area contributed by atoms with E-state index in [2.05, 4.69) is 33.0 Å². The molecule has 3 aromatic rings. The summed E-state index contributed by atoms with van der Waals surface area (Å²) in [5, 5.41) is 10.6. The van der Waals surface area contributed by atoms with Gasteiger partial charge in [-0.15, -0.1) is 0 Å². The maximum absolute atomic E-state index is 12.9. The summed E-state index contributed by atoms with van der Waals surface area (Å²) in [6, 6.07) is 17.2. The van der Waals surface area contributed by atoms with E-state index in [1.165, 1.54) is 10.5 Å². The highest BCUT2D eigenvalue weighted by molar-refractivity contribution is 9.10. The van der Waals surface area contributed by atoms with Gasteiger partial charge in [0.05, 0.1) is 23.2 Å². The number of amides is 1. The quantitative estimate of drug-likeness (QED) is 0.601. The van der Waals surface area contributed by atoms with Crippen molar-refractivity contribution >= 4 is 21.8 Å². The fourth-order valence-electron chi connectivity index (χ4n) is 4.38. The second-order valence-electron chi connectivity index (χ2n) is 8.26. The van der Waals surface area contributed by atoms with Crippen LogP contribution in [-0.4, -0.2) is 32.4 Å². The van der Waals surface area contributed by atoms with E-state index in [0.717, 1.165) is 28.8 Å². The van der Waals surface area contributed by atoms with Gasteiger partial charge in [0.1, 0.15) is 5.82 Å². The van der Waals surface area contributed by atoms with E-state index < -0.39 is 12.0 Å². The van der Waals surface area contributed by atoms with Gasteiger partial charge in [-0.3, -0.25) is 9.59 Å². The highest BCUT2D eigenvalue weighted by Crippen LogP contribution is 2.51. The number of benzene rings is 2. The molecular formula is C24H22BrN3O3. The van der Waals surface area contributed by atoms with Gasteiger partial charge in [0.2, 0.25) is 0 Å². The number of carbonyl (C=O) groups is 1. The second kappa shape index (κ2) is 7.73. The lowest BCUT2D eigenvalue weighted by atomic mass is 9.94. The van der Waals surface area contributed by atoms with Crippen molar-refractivity contribution in [2.75, 3.05) is 6.54 Å². The summed E-state index contributed by atoms with van der Waals surface area (Å²) in [7, 11) is 0. The number of fused-ring (bicyclic) bond motifs is 1. The molecule has 5 rings (SSSR count). The number of aromatic nitrogens is 2. The molecule has 1 atom stereocenters. The van der Waals surface area contributed by atoms with Crippen molar-refractivity contribution < 1.29 is 9.90 Å². The van der Waals surface area contributed by atoms with Crippen LogP contribution in [-0.2, 0) is 23.2 Å². The number of nitrogens with one attached hydrogen (secondary N) is 1. The predicted molar refractivity (Wildman–Crippen MR) is 120 cm³/mol. The Kier molecular flexibility index (Phi) is 5.02. The Balaban J connectivity index is 1.40. The van der Waals surface area contributed by atoms with Crippen LogP contribution in [0.4, 0.5) is 0 Å². The molecule has 2 aromatic carbocycles. The molecule has 1 amide bonds. The number of aromatic amines is 1. The highest BCUT2D eigenvalue weighted by Gasteiger charge is 2.48. The number of hydrogen-bond acceptors (Lipinski definition) is 4. The van der Waals surface area contributed by atoms with Gasteiger partial charge in [-0.05, 0) is 36.1 Å². The summed E-state index contributed by atoms with van der Waals surface area (Å²) >= 11 is 3.36. The molecule has 0 radical (unpaired) electrons. The molecule has 6 nitrogen and oxygen atoms in total. The zero-order valence-electron chi connectivity index (χ0n) is 16.8. The molecule has 0 bridgehead atoms. The van der Waals surface area contributed by atoms with Gasteiger partial charge < -0.3 is 15.0 Å². The second-order valence-corrected chi connectivity index (χ2v) is 9.17. The smallest absolute Gasteiger partial charge is 0.256 e. The zero-order chi connectivity index (χ0) is 21.6. The van der Waals surface area contributed by atoms with Gasteiger partial charge in [0.15, 0.2) is 6.10 Å². The van der Waals surface area contributed by atoms with Crippen LogP contribution in [0.15, 0.2) is 63.9 Å². The summed E-state index contributed by atoms with van der Waals surface area (Å²) in [5.74, 6) is 0.312. The Bertz CT molecular complexity index is 1200. The van der Waals surface area contributed by atoms with E-state index in [1.54, 1.807) is 18.2 Å². The monoisotopic (exact) mass is 479 g/mol. The minimum atomic E-state index is -1.27. The first-order valence-corrected chi connectivity index (χ1v) is 11.2. The molecule has 2 heterocycles. The van der Waals surface area contributed by atoms with Gasteiger partial charge in [-0.25, -0.2) is 4.98 Å². The third-order valence-corrected chi connectivity index (χ3v) is 6.80. The van der Waals surface area contributed by atoms with Crippen molar-refractivity contribution in [2.45, 2.75) is 37.3 Å². The van der Waals surface area contributed by atoms with Crippen LogP contribution >= 0.6 is 15.9 Å². The molecule has 1 aliphatic carbocycles. The minimum Gasteiger partial charge on any atom is -0.378 e. The predicted octanol–water partition coefficient (Wildman–Crippen LogP) is 3.23. The molecule has 1 saturated carbocycles. The summed E-state index contributed by atoms with van der Waals surface area (Å²) in [5.41, 5.74) is 2.54. The van der Waals surface area contributed by atoms with Crippen molar-refractivity contribution in [1.82, 2.24) is 14.9 Å². The lowest BCUT2D eigenvalue weighted by Crippen LogP contribution is -2.42. The third-order valence-electron chi connectivity index (χ3n) is 6.31. The van der Waals surface area contributed by atoms with E-state index in [1.807, 2.05) is 24.3 Å². The van der Waals surface area contributed by atoms with Gasteiger partial charge in [0, 0.05) is 17.4 Å². The molecule has 0 spiro atoms. The van der Waals surface area contributed by atoms with Crippen molar-refractivity contribution in [1.29, 1.82) is 0 Å². The average Bonchev–Trinajstić information content (AvgIpc) is 3.61. The van der Waals surface area contributed by atoms with E-state index in [0.29, 0.717) is 24.1 Å². The van der Waals surface area contributed by atoms with Crippen molar-refractivity contribution in [3.8, 4) is 0 Å². The van der Waals surface area contributed by atoms with E-state index >= 15 is 0 Å². The van der Waals surface area contributed by atoms with Gasteiger partial charge in [0.25, 0.3) is 11.5 Å². The summed E-state index contributed by atoms with van der Waals surface area (Å²) in [4.78, 5) is 35.2. The van der Waals surface area contributed by atoms with E-state index in [9.17, 15) is 14.7 Å². The van der Waals surface area contributed by atoms with Crippen LogP contribution < -0.4 is 5.56 Å². The van der Waals surface area contributed by atoms with Gasteiger partial charge in [-0.2, -0.15) is 0 Å². The Labute approximate surface area is 188 Å². The fourth-order valence-corrected chi connectivity index (χ4v) is 4.79. The lowest BCUT2D eigenvalue weighted by Gasteiger charge is -2.30. The Morgan fingerprint density at radius 2 is 1.94 bits per heavy atom. The number of aliphatic hydroxyl groups excluding tert-OH is 1. The molecule has 158 valence electrons. The maximum Gasteiger partial charge on any atom is 0.256 e. The van der Waals surface area contributed by atoms with Crippen LogP contribution in [0.2, 0.25) is 0 Å². The largest absolute Gasteiger partial charge is 0.378 e. The number of carbonyl (C=O) groups excluding carboxylic acids is 1. The van der Waals surface area contributed by atoms with E-state index in [-0.39, 0.29) is 17.5 Å². The van der Waals surface area contributed by atoms with Crippen LogP contribution in [0.5, 0.6) is 0 Å². The van der Waals surface area contributed by atoms with E-state index in [4.69, 9.17) is 4.98 Å². The first kappa shape index (κ1) is 20.2. The summed E-state index contributed by atoms with van der Waals surface area (Å²) < 4.78 is 0.793. The summed E-state index contributed by atoms with van der Waals surface area (Å²) in [6.07, 6.45) is 1.15. The average molecular weight is 480 g/mol. The number of nitrogens with zero attached hydrogens (tertiary/aromatic N) is 2. The Morgan fingerprint density at radius 3 is 2.65 bits per heavy atom. The molecule has 2 N–H and O–H groups in total. The first-order valence-electron chi connectivity index (χ1n) is 10.4. The Hall–Kier alpha value is -2.77. The molecule has 0 saturated heterocycles. The highest BCUT2D eigenvalue weighted by atomic mass is 79.9. The van der Waals surface area contributed by atoms with Crippen LogP contribution in [0.3, 0.4) is 0 Å². The van der Waals surface area contributed by atoms with Crippen LogP contribution in [0, 0.1) is 0 Å². The third kappa shape index (κ3) is 3.62. The normalized spacial score (nSPS) is 17.7. The topological polar surface area (TPSA) is 86.3 Å². The van der Waals surface area contributed by atoms with Crippen LogP contribution in [0.1, 0.15) is 47.2 Å². The lowest BCUT2D eigenvalue weighted by molar-refractivity contribution is -0.141. The molecule has 31 heavy (non-hydrogen) atoms. The molecule has 2 aliphatic rings. The molecule has 1 aliphatic heterocycles. The number of rotatable bonds is 4. The van der Waals surface area contributed by atoms with Crippen LogP contribution in [0.25, 0.3) is 0 Å². The molecule has 7 heteroatoms. The number of aliphatic hydroxyl groups is 1. The minimum absolute atomic E-state index is 0.153. The van der Waals surface area contributed by atoms with Gasteiger partial charge in [-0.1, -0.05) is 58.4 Å². The zero-order valence-corrected chi connectivity index (χ0v) is 18.4. The maximum atomic E-state index is 12.9. The number of halogens is 1. The molecule has 1 fully saturated rings. The van der Waals surface area contributed by atoms with Gasteiger partial charge >= 0.3 is 0 Å². The van der Waals surface area contributed by atoms with Crippen molar-refractivity contribution in [3.05, 3.63) is 97.6 Å². The first-order chi connectivity index (χ1) is 15.0. The van der Waals surface area contributed by atoms with Crippen molar-refractivity contribution in [3.63, 3.8) is 0 Å². The fraction of sp³-hybridized carbons (Fsp3) is 0.292. The Morgan fingerprint density at radius 1 is 1.16 bits per heavy atom. The standard InChI is InChI=1S/C24H22BrN3O3/c25-17-8-4-5-15(13-17)20(29)22(31)28-12-9-19-18(14-28)21(30)27-23(26-19)24(10-11-24)16-6-2-1-3-7-16/h1-8,13,20,29H,9-12,14H2,(H,26,27,30)/t20-/m1/s1. The molecular weight excluding hydrogens is 458 g/mol. The number of hydrogen-bond donors (Lipinski definition) is 2. The number of H-pyrrole nitrogens is 1. The molecule has 0 unspecified atom stereocenters. The van der Waals surface area contributed by atoms with Crippen molar-refractivity contribution in [2.24, 2.45) is 0 Å². The SMILES string of the molecule is O=C([C@H](O)c1cccc(Br)c1)N1CCc2nc(C3(c4ccccc4)CC3)[nH]c(=O)c2C1.